The molecule has 0 spiro atoms. The summed E-state index contributed by atoms with van der Waals surface area (Å²) in [5.41, 5.74) is 13.2. The van der Waals surface area contributed by atoms with Crippen LogP contribution in [0.15, 0.2) is 60.7 Å². The third-order valence-corrected chi connectivity index (χ3v) is 10.0. The molecule has 0 aromatic heterocycles. The number of likely N-dealkylation sites (tertiary alicyclic amines) is 1. The van der Waals surface area contributed by atoms with Crippen LogP contribution in [-0.4, -0.2) is 54.6 Å². The number of rotatable bonds is 10. The lowest BCUT2D eigenvalue weighted by Gasteiger charge is -2.40. The standard InChI is InChI=1S/C38H45F3N4O2/c1-2-3-15-28-33-29(26-16-7-8-17-27(26)34(33)37(47)43-24-38(39,40)41)22-30(35(28)45-21-12-10-19-32(45)42)36(46)31-18-9-11-20-44(31)23-25-13-5-4-6-14-25/h4-8,13-14,16-17,22,31-32,34H,2-3,9-12,15,18-21,23-24,42H2,1H3,(H,43,47). The van der Waals surface area contributed by atoms with Crippen molar-refractivity contribution in [3.63, 3.8) is 0 Å². The summed E-state index contributed by atoms with van der Waals surface area (Å²) in [4.78, 5) is 33.2. The molecule has 3 aliphatic rings. The van der Waals surface area contributed by atoms with E-state index in [0.29, 0.717) is 36.2 Å². The number of amides is 1. The number of fused-ring (bicyclic) bond motifs is 3. The molecule has 3 aromatic rings. The first-order chi connectivity index (χ1) is 22.7. The minimum absolute atomic E-state index is 0.0522. The SMILES string of the molecule is CCCCc1c2c(cc(C(=O)C3CCCCN3Cc3ccccc3)c1N1CCCCC1N)-c1ccccc1C2C(=O)NCC(F)(F)F. The van der Waals surface area contributed by atoms with Crippen LogP contribution in [0.3, 0.4) is 0 Å². The second-order valence-corrected chi connectivity index (χ2v) is 13.3. The average molecular weight is 647 g/mol. The summed E-state index contributed by atoms with van der Waals surface area (Å²) >= 11 is 0. The Morgan fingerprint density at radius 1 is 0.936 bits per heavy atom. The number of Topliss-reactive ketones (excluding diaryl/α,β-unsaturated/α-hetero) is 1. The van der Waals surface area contributed by atoms with E-state index in [0.717, 1.165) is 85.9 Å². The number of nitrogens with one attached hydrogen (secondary N) is 1. The second-order valence-electron chi connectivity index (χ2n) is 13.3. The van der Waals surface area contributed by atoms with Gasteiger partial charge in [0.2, 0.25) is 5.91 Å². The maximum Gasteiger partial charge on any atom is 0.405 e. The molecule has 3 N–H and O–H groups in total. The number of carbonyl (C=O) groups is 2. The van der Waals surface area contributed by atoms with Gasteiger partial charge in [-0.15, -0.1) is 0 Å². The van der Waals surface area contributed by atoms with Gasteiger partial charge in [-0.2, -0.15) is 13.2 Å². The predicted octanol–water partition coefficient (Wildman–Crippen LogP) is 7.33. The van der Waals surface area contributed by atoms with Crippen LogP contribution in [0.5, 0.6) is 0 Å². The van der Waals surface area contributed by atoms with E-state index in [-0.39, 0.29) is 18.0 Å². The quantitative estimate of drug-likeness (QED) is 0.226. The van der Waals surface area contributed by atoms with Crippen LogP contribution in [0.2, 0.25) is 0 Å². The first-order valence-corrected chi connectivity index (χ1v) is 17.2. The van der Waals surface area contributed by atoms with E-state index < -0.39 is 24.5 Å². The maximum absolute atomic E-state index is 15.0. The average Bonchev–Trinajstić information content (AvgIpc) is 3.40. The lowest BCUT2D eigenvalue weighted by molar-refractivity contribution is -0.138. The normalized spacial score (nSPS) is 21.3. The number of piperidine rings is 2. The molecule has 0 radical (unpaired) electrons. The zero-order chi connectivity index (χ0) is 33.1. The molecule has 2 fully saturated rings. The van der Waals surface area contributed by atoms with E-state index in [1.807, 2.05) is 48.5 Å². The number of ketones is 1. The molecule has 47 heavy (non-hydrogen) atoms. The fourth-order valence-corrected chi connectivity index (χ4v) is 7.84. The Morgan fingerprint density at radius 2 is 1.66 bits per heavy atom. The molecule has 3 aromatic carbocycles. The van der Waals surface area contributed by atoms with Crippen molar-refractivity contribution in [1.82, 2.24) is 10.2 Å². The van der Waals surface area contributed by atoms with Crippen molar-refractivity contribution in [2.24, 2.45) is 5.73 Å². The molecule has 2 heterocycles. The minimum Gasteiger partial charge on any atom is -0.355 e. The fourth-order valence-electron chi connectivity index (χ4n) is 7.84. The number of benzene rings is 3. The van der Waals surface area contributed by atoms with Crippen LogP contribution in [-0.2, 0) is 17.8 Å². The van der Waals surface area contributed by atoms with Crippen LogP contribution >= 0.6 is 0 Å². The molecule has 2 saturated heterocycles. The van der Waals surface area contributed by atoms with Gasteiger partial charge in [-0.1, -0.05) is 74.4 Å². The number of alkyl halides is 3. The van der Waals surface area contributed by atoms with Gasteiger partial charge < -0.3 is 16.0 Å². The van der Waals surface area contributed by atoms with E-state index >= 15 is 4.79 Å². The van der Waals surface area contributed by atoms with E-state index in [9.17, 15) is 18.0 Å². The van der Waals surface area contributed by atoms with Crippen LogP contribution in [0.25, 0.3) is 11.1 Å². The lowest BCUT2D eigenvalue weighted by Crippen LogP contribution is -2.48. The molecule has 3 atom stereocenters. The van der Waals surface area contributed by atoms with Crippen molar-refractivity contribution in [3.05, 3.63) is 88.5 Å². The number of nitrogens with zero attached hydrogens (tertiary/aromatic N) is 2. The molecule has 1 aliphatic carbocycles. The third-order valence-electron chi connectivity index (χ3n) is 10.0. The Bertz CT molecular complexity index is 1590. The molecule has 6 nitrogen and oxygen atoms in total. The smallest absolute Gasteiger partial charge is 0.355 e. The summed E-state index contributed by atoms with van der Waals surface area (Å²) in [5, 5.41) is 2.18. The molecule has 250 valence electrons. The van der Waals surface area contributed by atoms with Gasteiger partial charge in [-0.3, -0.25) is 14.5 Å². The van der Waals surface area contributed by atoms with Gasteiger partial charge in [0.15, 0.2) is 5.78 Å². The van der Waals surface area contributed by atoms with Crippen molar-refractivity contribution >= 4 is 17.4 Å². The van der Waals surface area contributed by atoms with Crippen molar-refractivity contribution in [1.29, 1.82) is 0 Å². The minimum atomic E-state index is -4.53. The number of carbonyl (C=O) groups excluding carboxylic acids is 2. The van der Waals surface area contributed by atoms with Gasteiger partial charge in [-0.25, -0.2) is 0 Å². The van der Waals surface area contributed by atoms with Crippen LogP contribution in [0.1, 0.15) is 96.8 Å². The summed E-state index contributed by atoms with van der Waals surface area (Å²) in [6, 6.07) is 19.3. The van der Waals surface area contributed by atoms with Gasteiger partial charge >= 0.3 is 6.18 Å². The van der Waals surface area contributed by atoms with E-state index in [1.54, 1.807) is 0 Å². The molecule has 1 amide bonds. The topological polar surface area (TPSA) is 78.7 Å². The highest BCUT2D eigenvalue weighted by Gasteiger charge is 2.42. The molecule has 2 aliphatic heterocycles. The molecular weight excluding hydrogens is 601 g/mol. The Labute approximate surface area is 275 Å². The monoisotopic (exact) mass is 646 g/mol. The highest BCUT2D eigenvalue weighted by atomic mass is 19.4. The van der Waals surface area contributed by atoms with Gasteiger partial charge in [0.1, 0.15) is 6.54 Å². The molecule has 3 unspecified atom stereocenters. The fraction of sp³-hybridized carbons (Fsp3) is 0.474. The second kappa shape index (κ2) is 14.2. The van der Waals surface area contributed by atoms with Gasteiger partial charge in [0.25, 0.3) is 0 Å². The van der Waals surface area contributed by atoms with E-state index in [4.69, 9.17) is 5.73 Å². The van der Waals surface area contributed by atoms with Crippen molar-refractivity contribution in [2.75, 3.05) is 24.5 Å². The van der Waals surface area contributed by atoms with E-state index in [2.05, 4.69) is 34.2 Å². The van der Waals surface area contributed by atoms with Gasteiger partial charge in [-0.05, 0) is 90.9 Å². The number of halogens is 3. The molecular formula is C38H45F3N4O2. The number of hydrogen-bond acceptors (Lipinski definition) is 5. The summed E-state index contributed by atoms with van der Waals surface area (Å²) < 4.78 is 39.9. The predicted molar refractivity (Wildman–Crippen MR) is 179 cm³/mol. The number of anilines is 1. The summed E-state index contributed by atoms with van der Waals surface area (Å²) in [6.45, 7) is 2.86. The molecule has 6 rings (SSSR count). The highest BCUT2D eigenvalue weighted by molar-refractivity contribution is 6.09. The van der Waals surface area contributed by atoms with Crippen LogP contribution < -0.4 is 16.0 Å². The number of unbranched alkanes of at least 4 members (excludes halogenated alkanes) is 1. The maximum atomic E-state index is 15.0. The highest BCUT2D eigenvalue weighted by Crippen LogP contribution is 2.51. The first-order valence-electron chi connectivity index (χ1n) is 17.2. The molecule has 0 saturated carbocycles. The van der Waals surface area contributed by atoms with Crippen molar-refractivity contribution in [3.8, 4) is 11.1 Å². The summed E-state index contributed by atoms with van der Waals surface area (Å²) in [5.74, 6) is -1.54. The van der Waals surface area contributed by atoms with E-state index in [1.165, 1.54) is 0 Å². The third kappa shape index (κ3) is 6.97. The van der Waals surface area contributed by atoms with Crippen molar-refractivity contribution in [2.45, 2.75) is 95.6 Å². The lowest BCUT2D eigenvalue weighted by atomic mass is 9.83. The number of hydrogen-bond donors (Lipinski definition) is 2. The zero-order valence-electron chi connectivity index (χ0n) is 27.1. The Morgan fingerprint density at radius 3 is 2.40 bits per heavy atom. The first kappa shape index (κ1) is 33.2. The van der Waals surface area contributed by atoms with Gasteiger partial charge in [0.05, 0.1) is 23.8 Å². The zero-order valence-corrected chi connectivity index (χ0v) is 27.1. The summed E-state index contributed by atoms with van der Waals surface area (Å²) in [6.07, 6.45) is 2.84. The molecule has 9 heteroatoms. The Balaban J connectivity index is 1.53. The van der Waals surface area contributed by atoms with Crippen LogP contribution in [0.4, 0.5) is 18.9 Å². The number of nitrogens with two attached hydrogens (primary N) is 1. The van der Waals surface area contributed by atoms with Crippen molar-refractivity contribution < 1.29 is 22.8 Å². The Kier molecular flexibility index (Phi) is 10.0. The van der Waals surface area contributed by atoms with Crippen LogP contribution in [0, 0.1) is 0 Å². The Hall–Kier alpha value is -3.69. The van der Waals surface area contributed by atoms with Gasteiger partial charge in [0, 0.05) is 18.7 Å². The largest absolute Gasteiger partial charge is 0.405 e. The summed E-state index contributed by atoms with van der Waals surface area (Å²) in [7, 11) is 0. The molecule has 0 bridgehead atoms.